The fourth-order valence-electron chi connectivity index (χ4n) is 2.21. The molecule has 4 nitrogen and oxygen atoms in total. The molecular formula is C17H10F2N2O2. The van der Waals surface area contributed by atoms with Gasteiger partial charge in [-0.1, -0.05) is 24.3 Å². The minimum atomic E-state index is -0.562. The molecule has 0 unspecified atom stereocenters. The van der Waals surface area contributed by atoms with E-state index in [4.69, 9.17) is 0 Å². The molecule has 3 rings (SSSR count). The normalized spacial score (nSPS) is 10.5. The minimum absolute atomic E-state index is 0.196. The summed E-state index contributed by atoms with van der Waals surface area (Å²) in [6, 6.07) is 13.7. The highest BCUT2D eigenvalue weighted by molar-refractivity contribution is 5.69. The van der Waals surface area contributed by atoms with Gasteiger partial charge in [-0.05, 0) is 24.3 Å². The van der Waals surface area contributed by atoms with Crippen molar-refractivity contribution in [1.29, 1.82) is 0 Å². The number of aromatic nitrogens is 1. The van der Waals surface area contributed by atoms with Crippen LogP contribution in [0.5, 0.6) is 0 Å². The van der Waals surface area contributed by atoms with E-state index in [1.54, 1.807) is 12.1 Å². The fraction of sp³-hybridized carbons (Fsp3) is 0. The molecule has 0 saturated heterocycles. The first-order chi connectivity index (χ1) is 11.0. The molecule has 0 saturated carbocycles. The van der Waals surface area contributed by atoms with Gasteiger partial charge in [-0.25, -0.2) is 13.8 Å². The van der Waals surface area contributed by atoms with Gasteiger partial charge in [-0.2, -0.15) is 0 Å². The summed E-state index contributed by atoms with van der Waals surface area (Å²) in [6.45, 7) is 0. The lowest BCUT2D eigenvalue weighted by atomic mass is 10.1. The molecule has 3 aromatic rings. The number of hydrogen-bond donors (Lipinski definition) is 0. The molecule has 2 aromatic carbocycles. The van der Waals surface area contributed by atoms with Crippen LogP contribution in [-0.2, 0) is 0 Å². The molecule has 23 heavy (non-hydrogen) atoms. The molecule has 0 N–H and O–H groups in total. The van der Waals surface area contributed by atoms with E-state index in [1.807, 2.05) is 0 Å². The quantitative estimate of drug-likeness (QED) is 0.524. The molecule has 6 heteroatoms. The van der Waals surface area contributed by atoms with E-state index >= 15 is 0 Å². The molecular weight excluding hydrogens is 302 g/mol. The molecule has 0 spiro atoms. The van der Waals surface area contributed by atoms with E-state index in [-0.39, 0.29) is 17.1 Å². The van der Waals surface area contributed by atoms with Crippen LogP contribution in [-0.4, -0.2) is 9.91 Å². The fourth-order valence-corrected chi connectivity index (χ4v) is 2.21. The van der Waals surface area contributed by atoms with Gasteiger partial charge in [-0.15, -0.1) is 0 Å². The molecule has 0 fully saturated rings. The summed E-state index contributed by atoms with van der Waals surface area (Å²) in [5, 5.41) is 11.1. The first kappa shape index (κ1) is 14.8. The Kier molecular flexibility index (Phi) is 3.80. The molecule has 1 heterocycles. The van der Waals surface area contributed by atoms with Crippen molar-refractivity contribution < 1.29 is 13.7 Å². The van der Waals surface area contributed by atoms with Crippen molar-refractivity contribution in [3.63, 3.8) is 0 Å². The van der Waals surface area contributed by atoms with E-state index in [0.717, 1.165) is 0 Å². The summed E-state index contributed by atoms with van der Waals surface area (Å²) >= 11 is 0. The van der Waals surface area contributed by atoms with Gasteiger partial charge in [0.15, 0.2) is 0 Å². The topological polar surface area (TPSA) is 56.0 Å². The third-order valence-electron chi connectivity index (χ3n) is 3.26. The highest BCUT2D eigenvalue weighted by Crippen LogP contribution is 2.28. The predicted molar refractivity (Wildman–Crippen MR) is 81.7 cm³/mol. The SMILES string of the molecule is O=[N+]([O-])c1cc(-c2cccc(F)c2)nc(-c2cccc(F)c2)c1. The summed E-state index contributed by atoms with van der Waals surface area (Å²) in [4.78, 5) is 14.9. The summed E-state index contributed by atoms with van der Waals surface area (Å²) in [6.07, 6.45) is 0. The number of pyridine rings is 1. The summed E-state index contributed by atoms with van der Waals surface area (Å²) in [7, 11) is 0. The van der Waals surface area contributed by atoms with Crippen molar-refractivity contribution in [2.24, 2.45) is 0 Å². The number of nitrogens with zero attached hydrogens (tertiary/aromatic N) is 2. The van der Waals surface area contributed by atoms with Gasteiger partial charge >= 0.3 is 0 Å². The Morgan fingerprint density at radius 3 is 1.70 bits per heavy atom. The lowest BCUT2D eigenvalue weighted by Gasteiger charge is -2.06. The number of nitro groups is 1. The molecule has 0 amide bonds. The molecule has 1 aromatic heterocycles. The Morgan fingerprint density at radius 1 is 0.826 bits per heavy atom. The van der Waals surface area contributed by atoms with Crippen LogP contribution in [0.3, 0.4) is 0 Å². The van der Waals surface area contributed by atoms with Gasteiger partial charge in [0.05, 0.1) is 16.3 Å². The third kappa shape index (κ3) is 3.21. The summed E-state index contributed by atoms with van der Waals surface area (Å²) < 4.78 is 26.8. The average Bonchev–Trinajstić information content (AvgIpc) is 2.54. The monoisotopic (exact) mass is 312 g/mol. The molecule has 0 aliphatic heterocycles. The Balaban J connectivity index is 2.19. The zero-order valence-electron chi connectivity index (χ0n) is 11.7. The van der Waals surface area contributed by atoms with E-state index in [2.05, 4.69) is 4.98 Å². The number of benzene rings is 2. The number of hydrogen-bond acceptors (Lipinski definition) is 3. The van der Waals surface area contributed by atoms with Crippen molar-refractivity contribution in [2.45, 2.75) is 0 Å². The van der Waals surface area contributed by atoms with Crippen molar-refractivity contribution in [3.8, 4) is 22.5 Å². The van der Waals surface area contributed by atoms with Gasteiger partial charge in [0.2, 0.25) is 0 Å². The van der Waals surface area contributed by atoms with Crippen molar-refractivity contribution >= 4 is 5.69 Å². The summed E-state index contributed by atoms with van der Waals surface area (Å²) in [5.74, 6) is -0.939. The first-order valence-electron chi connectivity index (χ1n) is 6.71. The number of halogens is 2. The maximum absolute atomic E-state index is 13.4. The molecule has 0 aliphatic rings. The number of rotatable bonds is 3. The maximum Gasteiger partial charge on any atom is 0.273 e. The van der Waals surface area contributed by atoms with Crippen molar-refractivity contribution in [3.05, 3.63) is 82.4 Å². The second-order valence-electron chi connectivity index (χ2n) is 4.87. The Morgan fingerprint density at radius 2 is 1.30 bits per heavy atom. The lowest BCUT2D eigenvalue weighted by Crippen LogP contribution is -1.95. The van der Waals surface area contributed by atoms with Gasteiger partial charge in [0, 0.05) is 23.3 Å². The van der Waals surface area contributed by atoms with Crippen LogP contribution in [0.2, 0.25) is 0 Å². The first-order valence-corrected chi connectivity index (χ1v) is 6.71. The average molecular weight is 312 g/mol. The van der Waals surface area contributed by atoms with Crippen LogP contribution in [0.15, 0.2) is 60.7 Å². The predicted octanol–water partition coefficient (Wildman–Crippen LogP) is 4.60. The second kappa shape index (κ2) is 5.92. The van der Waals surface area contributed by atoms with Gasteiger partial charge in [0.25, 0.3) is 5.69 Å². The van der Waals surface area contributed by atoms with E-state index in [0.29, 0.717) is 11.1 Å². The zero-order valence-corrected chi connectivity index (χ0v) is 11.7. The Bertz CT molecular complexity index is 834. The molecule has 0 radical (unpaired) electrons. The van der Waals surface area contributed by atoms with Crippen LogP contribution in [0, 0.1) is 21.7 Å². The smallest absolute Gasteiger partial charge is 0.258 e. The van der Waals surface area contributed by atoms with Crippen molar-refractivity contribution in [2.75, 3.05) is 0 Å². The Hall–Kier alpha value is -3.15. The largest absolute Gasteiger partial charge is 0.273 e. The standard InChI is InChI=1S/C17H10F2N2O2/c18-13-5-1-3-11(7-13)16-9-15(21(22)23)10-17(20-16)12-4-2-6-14(19)8-12/h1-10H. The molecule has 114 valence electrons. The summed E-state index contributed by atoms with van der Waals surface area (Å²) in [5.41, 5.74) is 1.12. The van der Waals surface area contributed by atoms with E-state index in [1.165, 1.54) is 48.5 Å². The zero-order chi connectivity index (χ0) is 16.4. The van der Waals surface area contributed by atoms with Crippen LogP contribution >= 0.6 is 0 Å². The molecule has 0 atom stereocenters. The maximum atomic E-state index is 13.4. The van der Waals surface area contributed by atoms with Crippen LogP contribution < -0.4 is 0 Å². The van der Waals surface area contributed by atoms with Crippen LogP contribution in [0.25, 0.3) is 22.5 Å². The van der Waals surface area contributed by atoms with E-state index in [9.17, 15) is 18.9 Å². The van der Waals surface area contributed by atoms with Gasteiger partial charge in [0.1, 0.15) is 11.6 Å². The third-order valence-corrected chi connectivity index (χ3v) is 3.26. The van der Waals surface area contributed by atoms with Crippen molar-refractivity contribution in [1.82, 2.24) is 4.98 Å². The van der Waals surface area contributed by atoms with Gasteiger partial charge in [-0.3, -0.25) is 10.1 Å². The van der Waals surface area contributed by atoms with Gasteiger partial charge < -0.3 is 0 Å². The van der Waals surface area contributed by atoms with E-state index < -0.39 is 16.6 Å². The molecule has 0 aliphatic carbocycles. The van der Waals surface area contributed by atoms with Crippen LogP contribution in [0.4, 0.5) is 14.5 Å². The highest BCUT2D eigenvalue weighted by atomic mass is 19.1. The highest BCUT2D eigenvalue weighted by Gasteiger charge is 2.14. The molecule has 0 bridgehead atoms. The van der Waals surface area contributed by atoms with Crippen LogP contribution in [0.1, 0.15) is 0 Å². The second-order valence-corrected chi connectivity index (χ2v) is 4.87. The minimum Gasteiger partial charge on any atom is -0.258 e. The lowest BCUT2D eigenvalue weighted by molar-refractivity contribution is -0.384. The Labute approximate surface area is 130 Å².